The quantitative estimate of drug-likeness (QED) is 0.775. The molecule has 0 aliphatic rings. The summed E-state index contributed by atoms with van der Waals surface area (Å²) in [5, 5.41) is 0. The molecule has 0 saturated heterocycles. The molecule has 1 aromatic carbocycles. The minimum Gasteiger partial charge on any atom is -0.497 e. The summed E-state index contributed by atoms with van der Waals surface area (Å²) in [5.41, 5.74) is 1.13. The Hall–Kier alpha value is -0.700. The van der Waals surface area contributed by atoms with E-state index in [2.05, 4.69) is 29.8 Å². The number of hydrogen-bond acceptors (Lipinski definition) is 2. The number of methoxy groups -OCH3 is 2. The Balaban J connectivity index is 3.17. The van der Waals surface area contributed by atoms with Crippen molar-refractivity contribution < 1.29 is 9.47 Å². The van der Waals surface area contributed by atoms with E-state index in [1.54, 1.807) is 14.2 Å². The van der Waals surface area contributed by atoms with Gasteiger partial charge >= 0.3 is 0 Å². The van der Waals surface area contributed by atoms with Gasteiger partial charge in [-0.3, -0.25) is 0 Å². The van der Waals surface area contributed by atoms with Gasteiger partial charge in [-0.15, -0.1) is 0 Å². The summed E-state index contributed by atoms with van der Waals surface area (Å²) in [4.78, 5) is 0. The van der Waals surface area contributed by atoms with Gasteiger partial charge in [0.2, 0.25) is 0 Å². The lowest BCUT2D eigenvalue weighted by Gasteiger charge is -2.18. The fourth-order valence-electron chi connectivity index (χ4n) is 1.15. The van der Waals surface area contributed by atoms with Crippen LogP contribution in [0, 0.1) is 0 Å². The molecule has 0 fully saturated rings. The van der Waals surface area contributed by atoms with Crippen molar-refractivity contribution in [2.45, 2.75) is 18.2 Å². The van der Waals surface area contributed by atoms with Gasteiger partial charge in [-0.2, -0.15) is 0 Å². The fourth-order valence-corrected chi connectivity index (χ4v) is 1.38. The molecule has 0 aliphatic carbocycles. The number of ether oxygens (including phenoxy) is 2. The zero-order valence-electron chi connectivity index (χ0n) is 8.93. The zero-order valence-corrected chi connectivity index (χ0v) is 10.5. The number of hydrogen-bond donors (Lipinski definition) is 0. The van der Waals surface area contributed by atoms with Crippen LogP contribution in [0.4, 0.5) is 0 Å². The Labute approximate surface area is 93.4 Å². The molecule has 78 valence electrons. The summed E-state index contributed by atoms with van der Waals surface area (Å²) in [5.74, 6) is 1.62. The van der Waals surface area contributed by atoms with Crippen LogP contribution < -0.4 is 9.47 Å². The summed E-state index contributed by atoms with van der Waals surface area (Å²) in [6, 6.07) is 5.86. The van der Waals surface area contributed by atoms with Crippen LogP contribution in [0.2, 0.25) is 0 Å². The molecule has 0 radical (unpaired) electrons. The highest BCUT2D eigenvalue weighted by Crippen LogP contribution is 2.34. The maximum atomic E-state index is 5.19. The molecule has 0 spiro atoms. The van der Waals surface area contributed by atoms with Crippen LogP contribution in [0.5, 0.6) is 11.5 Å². The standard InChI is InChI=1S/C11H15BrO2/c1-11(2,12)8-5-9(13-3)7-10(6-8)14-4/h5-7H,1-4H3. The van der Waals surface area contributed by atoms with Gasteiger partial charge in [0, 0.05) is 10.4 Å². The lowest BCUT2D eigenvalue weighted by Crippen LogP contribution is -2.07. The highest BCUT2D eigenvalue weighted by molar-refractivity contribution is 9.09. The second kappa shape index (κ2) is 4.22. The van der Waals surface area contributed by atoms with Gasteiger partial charge in [0.05, 0.1) is 14.2 Å². The molecule has 0 amide bonds. The smallest absolute Gasteiger partial charge is 0.122 e. The molecular weight excluding hydrogens is 244 g/mol. The van der Waals surface area contributed by atoms with E-state index in [-0.39, 0.29) is 4.32 Å². The number of alkyl halides is 1. The summed E-state index contributed by atoms with van der Waals surface area (Å²) in [6.07, 6.45) is 0. The van der Waals surface area contributed by atoms with E-state index in [0.717, 1.165) is 17.1 Å². The van der Waals surface area contributed by atoms with Crippen LogP contribution in [0.1, 0.15) is 19.4 Å². The van der Waals surface area contributed by atoms with Crippen LogP contribution in [0.15, 0.2) is 18.2 Å². The molecule has 0 aromatic heterocycles. The number of benzene rings is 1. The number of halogens is 1. The monoisotopic (exact) mass is 258 g/mol. The normalized spacial score (nSPS) is 11.2. The van der Waals surface area contributed by atoms with E-state index in [0.29, 0.717) is 0 Å². The molecule has 0 unspecified atom stereocenters. The van der Waals surface area contributed by atoms with Crippen molar-refractivity contribution in [1.82, 2.24) is 0 Å². The summed E-state index contributed by atoms with van der Waals surface area (Å²) >= 11 is 3.60. The Morgan fingerprint density at radius 3 is 1.71 bits per heavy atom. The minimum absolute atomic E-state index is 0.0746. The van der Waals surface area contributed by atoms with Gasteiger partial charge in [-0.05, 0) is 31.5 Å². The van der Waals surface area contributed by atoms with Crippen LogP contribution in [-0.4, -0.2) is 14.2 Å². The summed E-state index contributed by atoms with van der Waals surface area (Å²) < 4.78 is 10.3. The minimum atomic E-state index is -0.0746. The van der Waals surface area contributed by atoms with Gasteiger partial charge in [-0.1, -0.05) is 15.9 Å². The zero-order chi connectivity index (χ0) is 10.8. The van der Waals surface area contributed by atoms with Crippen molar-refractivity contribution in [3.63, 3.8) is 0 Å². The van der Waals surface area contributed by atoms with Gasteiger partial charge in [0.15, 0.2) is 0 Å². The van der Waals surface area contributed by atoms with Gasteiger partial charge < -0.3 is 9.47 Å². The third-order valence-electron chi connectivity index (χ3n) is 2.04. The van der Waals surface area contributed by atoms with Crippen molar-refractivity contribution in [2.24, 2.45) is 0 Å². The van der Waals surface area contributed by atoms with E-state index < -0.39 is 0 Å². The maximum Gasteiger partial charge on any atom is 0.122 e. The molecule has 0 bridgehead atoms. The Morgan fingerprint density at radius 1 is 1.00 bits per heavy atom. The third kappa shape index (κ3) is 2.64. The van der Waals surface area contributed by atoms with E-state index in [1.165, 1.54) is 0 Å². The van der Waals surface area contributed by atoms with E-state index in [9.17, 15) is 0 Å². The average Bonchev–Trinajstić information content (AvgIpc) is 2.15. The predicted octanol–water partition coefficient (Wildman–Crippen LogP) is 3.33. The molecule has 0 N–H and O–H groups in total. The van der Waals surface area contributed by atoms with E-state index in [4.69, 9.17) is 9.47 Å². The molecule has 2 nitrogen and oxygen atoms in total. The molecule has 3 heteroatoms. The van der Waals surface area contributed by atoms with E-state index >= 15 is 0 Å². The maximum absolute atomic E-state index is 5.19. The molecule has 0 aliphatic heterocycles. The summed E-state index contributed by atoms with van der Waals surface area (Å²) in [7, 11) is 3.31. The van der Waals surface area contributed by atoms with Crippen molar-refractivity contribution in [3.8, 4) is 11.5 Å². The second-order valence-corrected chi connectivity index (χ2v) is 5.56. The predicted molar refractivity (Wildman–Crippen MR) is 61.5 cm³/mol. The summed E-state index contributed by atoms with van der Waals surface area (Å²) in [6.45, 7) is 4.17. The molecule has 1 rings (SSSR count). The van der Waals surface area contributed by atoms with Crippen LogP contribution >= 0.6 is 15.9 Å². The van der Waals surface area contributed by atoms with Gasteiger partial charge in [0.25, 0.3) is 0 Å². The highest BCUT2D eigenvalue weighted by atomic mass is 79.9. The molecule has 0 saturated carbocycles. The fraction of sp³-hybridized carbons (Fsp3) is 0.455. The average molecular weight is 259 g/mol. The second-order valence-electron chi connectivity index (χ2n) is 3.57. The topological polar surface area (TPSA) is 18.5 Å². The van der Waals surface area contributed by atoms with Gasteiger partial charge in [-0.25, -0.2) is 0 Å². The molecular formula is C11H15BrO2. The lowest BCUT2D eigenvalue weighted by atomic mass is 10.0. The first-order valence-electron chi connectivity index (χ1n) is 4.40. The first-order chi connectivity index (χ1) is 6.47. The molecule has 14 heavy (non-hydrogen) atoms. The van der Waals surface area contributed by atoms with E-state index in [1.807, 2.05) is 18.2 Å². The van der Waals surface area contributed by atoms with Crippen molar-refractivity contribution in [2.75, 3.05) is 14.2 Å². The Morgan fingerprint density at radius 2 is 1.43 bits per heavy atom. The first kappa shape index (κ1) is 11.4. The van der Waals surface area contributed by atoms with Crippen LogP contribution in [-0.2, 0) is 4.32 Å². The highest BCUT2D eigenvalue weighted by Gasteiger charge is 2.17. The number of rotatable bonds is 3. The Kier molecular flexibility index (Phi) is 3.43. The molecule has 0 heterocycles. The van der Waals surface area contributed by atoms with Crippen LogP contribution in [0.3, 0.4) is 0 Å². The van der Waals surface area contributed by atoms with Crippen molar-refractivity contribution in [3.05, 3.63) is 23.8 Å². The molecule has 0 atom stereocenters. The van der Waals surface area contributed by atoms with Gasteiger partial charge in [0.1, 0.15) is 11.5 Å². The first-order valence-corrected chi connectivity index (χ1v) is 5.19. The Bertz CT molecular complexity index is 293. The van der Waals surface area contributed by atoms with Crippen molar-refractivity contribution >= 4 is 15.9 Å². The van der Waals surface area contributed by atoms with Crippen LogP contribution in [0.25, 0.3) is 0 Å². The molecule has 1 aromatic rings. The largest absolute Gasteiger partial charge is 0.497 e. The van der Waals surface area contributed by atoms with Crippen molar-refractivity contribution in [1.29, 1.82) is 0 Å². The lowest BCUT2D eigenvalue weighted by molar-refractivity contribution is 0.392. The third-order valence-corrected chi connectivity index (χ3v) is 2.50. The SMILES string of the molecule is COc1cc(OC)cc(C(C)(C)Br)c1.